The smallest absolute Gasteiger partial charge is 0.123 e. The SMILES string of the molecule is N#Cc1cccc(CNCc2cc(F)ccc2Br)c1. The highest BCUT2D eigenvalue weighted by Crippen LogP contribution is 2.17. The van der Waals surface area contributed by atoms with E-state index < -0.39 is 0 Å². The Morgan fingerprint density at radius 2 is 2.00 bits per heavy atom. The van der Waals surface area contributed by atoms with Crippen LogP contribution in [0.3, 0.4) is 0 Å². The van der Waals surface area contributed by atoms with Crippen LogP contribution in [0.1, 0.15) is 16.7 Å². The van der Waals surface area contributed by atoms with Gasteiger partial charge in [-0.2, -0.15) is 5.26 Å². The van der Waals surface area contributed by atoms with E-state index >= 15 is 0 Å². The Bertz CT molecular complexity index is 620. The number of nitrogens with zero attached hydrogens (tertiary/aromatic N) is 1. The third-order valence-electron chi connectivity index (χ3n) is 2.71. The summed E-state index contributed by atoms with van der Waals surface area (Å²) in [6.45, 7) is 1.20. The van der Waals surface area contributed by atoms with Crippen LogP contribution in [-0.2, 0) is 13.1 Å². The summed E-state index contributed by atoms with van der Waals surface area (Å²) in [5, 5.41) is 12.0. The van der Waals surface area contributed by atoms with Gasteiger partial charge in [-0.05, 0) is 41.5 Å². The number of nitrogens with one attached hydrogen (secondary N) is 1. The minimum atomic E-state index is -0.244. The Labute approximate surface area is 120 Å². The van der Waals surface area contributed by atoms with E-state index in [1.807, 2.05) is 18.2 Å². The summed E-state index contributed by atoms with van der Waals surface area (Å²) in [6, 6.07) is 14.1. The lowest BCUT2D eigenvalue weighted by atomic mass is 10.1. The van der Waals surface area contributed by atoms with Crippen molar-refractivity contribution in [2.45, 2.75) is 13.1 Å². The highest BCUT2D eigenvalue weighted by molar-refractivity contribution is 9.10. The highest BCUT2D eigenvalue weighted by atomic mass is 79.9. The second-order valence-electron chi connectivity index (χ2n) is 4.15. The van der Waals surface area contributed by atoms with Crippen LogP contribution in [0, 0.1) is 17.1 Å². The summed E-state index contributed by atoms with van der Waals surface area (Å²) < 4.78 is 14.0. The van der Waals surface area contributed by atoms with Crippen molar-refractivity contribution in [1.82, 2.24) is 5.32 Å². The molecular weight excluding hydrogens is 307 g/mol. The van der Waals surface area contributed by atoms with Gasteiger partial charge in [0.1, 0.15) is 5.82 Å². The van der Waals surface area contributed by atoms with Gasteiger partial charge < -0.3 is 5.32 Å². The minimum Gasteiger partial charge on any atom is -0.309 e. The molecular formula is C15H12BrFN2. The molecule has 2 aromatic rings. The van der Waals surface area contributed by atoms with Crippen LogP contribution in [0.4, 0.5) is 4.39 Å². The van der Waals surface area contributed by atoms with Crippen molar-refractivity contribution in [3.8, 4) is 6.07 Å². The number of hydrogen-bond donors (Lipinski definition) is 1. The summed E-state index contributed by atoms with van der Waals surface area (Å²) in [5.41, 5.74) is 2.55. The summed E-state index contributed by atoms with van der Waals surface area (Å²) in [4.78, 5) is 0. The van der Waals surface area contributed by atoms with Crippen molar-refractivity contribution in [2.75, 3.05) is 0 Å². The van der Waals surface area contributed by atoms with Gasteiger partial charge in [0.05, 0.1) is 11.6 Å². The van der Waals surface area contributed by atoms with Crippen LogP contribution in [0.25, 0.3) is 0 Å². The molecule has 0 fully saturated rings. The Kier molecular flexibility index (Phi) is 4.67. The highest BCUT2D eigenvalue weighted by Gasteiger charge is 2.02. The van der Waals surface area contributed by atoms with E-state index in [0.29, 0.717) is 18.7 Å². The molecule has 2 rings (SSSR count). The number of benzene rings is 2. The number of rotatable bonds is 4. The summed E-state index contributed by atoms with van der Waals surface area (Å²) in [5.74, 6) is -0.244. The molecule has 0 bridgehead atoms. The van der Waals surface area contributed by atoms with Crippen molar-refractivity contribution in [1.29, 1.82) is 5.26 Å². The van der Waals surface area contributed by atoms with E-state index in [1.54, 1.807) is 12.1 Å². The fraction of sp³-hybridized carbons (Fsp3) is 0.133. The van der Waals surface area contributed by atoms with E-state index in [9.17, 15) is 4.39 Å². The van der Waals surface area contributed by atoms with Crippen LogP contribution in [0.2, 0.25) is 0 Å². The molecule has 2 nitrogen and oxygen atoms in total. The van der Waals surface area contributed by atoms with Crippen LogP contribution >= 0.6 is 15.9 Å². The van der Waals surface area contributed by atoms with Crippen LogP contribution in [0.15, 0.2) is 46.9 Å². The number of halogens is 2. The molecule has 96 valence electrons. The third-order valence-corrected chi connectivity index (χ3v) is 3.48. The monoisotopic (exact) mass is 318 g/mol. The normalized spacial score (nSPS) is 10.2. The number of hydrogen-bond acceptors (Lipinski definition) is 2. The Hall–Kier alpha value is -1.70. The maximum atomic E-state index is 13.1. The second-order valence-corrected chi connectivity index (χ2v) is 5.01. The summed E-state index contributed by atoms with van der Waals surface area (Å²) in [7, 11) is 0. The number of nitriles is 1. The van der Waals surface area contributed by atoms with Gasteiger partial charge in [0.2, 0.25) is 0 Å². The molecule has 19 heavy (non-hydrogen) atoms. The molecule has 1 N–H and O–H groups in total. The quantitative estimate of drug-likeness (QED) is 0.932. The average molecular weight is 319 g/mol. The fourth-order valence-corrected chi connectivity index (χ4v) is 2.16. The van der Waals surface area contributed by atoms with Crippen molar-refractivity contribution in [3.63, 3.8) is 0 Å². The van der Waals surface area contributed by atoms with Crippen molar-refractivity contribution in [2.24, 2.45) is 0 Å². The van der Waals surface area contributed by atoms with Gasteiger partial charge in [0.25, 0.3) is 0 Å². The van der Waals surface area contributed by atoms with E-state index in [-0.39, 0.29) is 5.82 Å². The topological polar surface area (TPSA) is 35.8 Å². The molecule has 0 aliphatic carbocycles. The predicted octanol–water partition coefficient (Wildman–Crippen LogP) is 3.75. The zero-order chi connectivity index (χ0) is 13.7. The molecule has 0 saturated heterocycles. The van der Waals surface area contributed by atoms with Gasteiger partial charge in [-0.25, -0.2) is 4.39 Å². The molecule has 0 aromatic heterocycles. The van der Waals surface area contributed by atoms with Gasteiger partial charge in [0, 0.05) is 17.6 Å². The molecule has 0 radical (unpaired) electrons. The standard InChI is InChI=1S/C15H12BrFN2/c16-15-5-4-14(17)7-13(15)10-19-9-12-3-1-2-11(6-12)8-18/h1-7,19H,9-10H2. The van der Waals surface area contributed by atoms with Crippen LogP contribution < -0.4 is 5.32 Å². The molecule has 0 heterocycles. The second kappa shape index (κ2) is 6.46. The van der Waals surface area contributed by atoms with Crippen LogP contribution in [0.5, 0.6) is 0 Å². The lowest BCUT2D eigenvalue weighted by molar-refractivity contribution is 0.619. The van der Waals surface area contributed by atoms with E-state index in [4.69, 9.17) is 5.26 Å². The zero-order valence-corrected chi connectivity index (χ0v) is 11.7. The summed E-state index contributed by atoms with van der Waals surface area (Å²) >= 11 is 3.39. The van der Waals surface area contributed by atoms with Gasteiger partial charge in [-0.15, -0.1) is 0 Å². The molecule has 0 amide bonds. The van der Waals surface area contributed by atoms with Crippen LogP contribution in [-0.4, -0.2) is 0 Å². The maximum absolute atomic E-state index is 13.1. The average Bonchev–Trinajstić information content (AvgIpc) is 2.43. The Morgan fingerprint density at radius 3 is 2.79 bits per heavy atom. The van der Waals surface area contributed by atoms with Crippen molar-refractivity contribution >= 4 is 15.9 Å². The third kappa shape index (κ3) is 3.88. The van der Waals surface area contributed by atoms with Crippen molar-refractivity contribution < 1.29 is 4.39 Å². The van der Waals surface area contributed by atoms with E-state index in [0.717, 1.165) is 15.6 Å². The maximum Gasteiger partial charge on any atom is 0.123 e. The van der Waals surface area contributed by atoms with Gasteiger partial charge >= 0.3 is 0 Å². The lowest BCUT2D eigenvalue weighted by Gasteiger charge is -2.07. The first-order valence-corrected chi connectivity index (χ1v) is 6.62. The molecule has 0 atom stereocenters. The van der Waals surface area contributed by atoms with Gasteiger partial charge in [0.15, 0.2) is 0 Å². The molecule has 2 aromatic carbocycles. The molecule has 4 heteroatoms. The first kappa shape index (κ1) is 13.7. The predicted molar refractivity (Wildman–Crippen MR) is 75.8 cm³/mol. The molecule has 0 unspecified atom stereocenters. The zero-order valence-electron chi connectivity index (χ0n) is 10.2. The molecule has 0 saturated carbocycles. The largest absolute Gasteiger partial charge is 0.309 e. The van der Waals surface area contributed by atoms with Gasteiger partial charge in [-0.1, -0.05) is 28.1 Å². The van der Waals surface area contributed by atoms with Crippen molar-refractivity contribution in [3.05, 3.63) is 69.4 Å². The van der Waals surface area contributed by atoms with Gasteiger partial charge in [-0.3, -0.25) is 0 Å². The molecule has 0 aliphatic rings. The first-order valence-electron chi connectivity index (χ1n) is 5.83. The fourth-order valence-electron chi connectivity index (χ4n) is 1.77. The molecule has 0 aliphatic heterocycles. The Morgan fingerprint density at radius 1 is 1.16 bits per heavy atom. The van der Waals surface area contributed by atoms with E-state index in [2.05, 4.69) is 27.3 Å². The van der Waals surface area contributed by atoms with E-state index in [1.165, 1.54) is 12.1 Å². The Balaban J connectivity index is 1.96. The first-order chi connectivity index (χ1) is 9.19. The lowest BCUT2D eigenvalue weighted by Crippen LogP contribution is -2.13. The molecule has 0 spiro atoms. The summed E-state index contributed by atoms with van der Waals surface area (Å²) in [6.07, 6.45) is 0. The minimum absolute atomic E-state index is 0.244.